The fraction of sp³-hybridized carbons (Fsp3) is 0.429. The first kappa shape index (κ1) is 8.15. The summed E-state index contributed by atoms with van der Waals surface area (Å²) in [6, 6.07) is 0. The molecule has 2 heteroatoms. The van der Waals surface area contributed by atoms with E-state index in [1.54, 1.807) is 6.08 Å². The molecule has 0 spiro atoms. The molecule has 0 saturated heterocycles. The zero-order chi connectivity index (χ0) is 6.95. The third-order valence-electron chi connectivity index (χ3n) is 0.726. The summed E-state index contributed by atoms with van der Waals surface area (Å²) in [4.78, 5) is 9.72. The lowest BCUT2D eigenvalue weighted by molar-refractivity contribution is -0.108. The van der Waals surface area contributed by atoms with E-state index in [1.807, 2.05) is 0 Å². The SMILES string of the molecule is C=C=CCOCCC=O. The van der Waals surface area contributed by atoms with Gasteiger partial charge in [-0.2, -0.15) is 0 Å². The van der Waals surface area contributed by atoms with Gasteiger partial charge in [0.1, 0.15) is 6.29 Å². The van der Waals surface area contributed by atoms with E-state index in [0.717, 1.165) is 6.29 Å². The van der Waals surface area contributed by atoms with E-state index in [4.69, 9.17) is 4.74 Å². The van der Waals surface area contributed by atoms with Crippen molar-refractivity contribution in [2.24, 2.45) is 0 Å². The molecule has 9 heavy (non-hydrogen) atoms. The van der Waals surface area contributed by atoms with Gasteiger partial charge < -0.3 is 9.53 Å². The van der Waals surface area contributed by atoms with Crippen LogP contribution in [0, 0.1) is 0 Å². The van der Waals surface area contributed by atoms with Crippen LogP contribution in [-0.2, 0) is 9.53 Å². The average molecular weight is 126 g/mol. The first-order valence-electron chi connectivity index (χ1n) is 2.77. The lowest BCUT2D eigenvalue weighted by atomic mass is 10.5. The van der Waals surface area contributed by atoms with Gasteiger partial charge in [-0.15, -0.1) is 5.73 Å². The van der Waals surface area contributed by atoms with Crippen LogP contribution < -0.4 is 0 Å². The van der Waals surface area contributed by atoms with Gasteiger partial charge in [-0.25, -0.2) is 0 Å². The Morgan fingerprint density at radius 2 is 2.44 bits per heavy atom. The van der Waals surface area contributed by atoms with E-state index in [9.17, 15) is 4.79 Å². The third kappa shape index (κ3) is 7.15. The molecule has 0 heterocycles. The van der Waals surface area contributed by atoms with Crippen LogP contribution in [0.3, 0.4) is 0 Å². The maximum atomic E-state index is 9.72. The zero-order valence-electron chi connectivity index (χ0n) is 5.30. The number of hydrogen-bond donors (Lipinski definition) is 0. The molecule has 50 valence electrons. The lowest BCUT2D eigenvalue weighted by Crippen LogP contribution is -1.93. The summed E-state index contributed by atoms with van der Waals surface area (Å²) in [7, 11) is 0. The molecule has 0 aromatic carbocycles. The third-order valence-corrected chi connectivity index (χ3v) is 0.726. The highest BCUT2D eigenvalue weighted by Gasteiger charge is 1.80. The van der Waals surface area contributed by atoms with Crippen molar-refractivity contribution < 1.29 is 9.53 Å². The average Bonchev–Trinajstić information content (AvgIpc) is 1.89. The molecule has 2 nitrogen and oxygen atoms in total. The van der Waals surface area contributed by atoms with Crippen molar-refractivity contribution >= 4 is 6.29 Å². The summed E-state index contributed by atoms with van der Waals surface area (Å²) in [6.07, 6.45) is 2.97. The van der Waals surface area contributed by atoms with Crippen molar-refractivity contribution in [3.05, 3.63) is 18.4 Å². The fourth-order valence-corrected chi connectivity index (χ4v) is 0.333. The Balaban J connectivity index is 2.90. The second kappa shape index (κ2) is 7.15. The summed E-state index contributed by atoms with van der Waals surface area (Å²) in [5.74, 6) is 0. The van der Waals surface area contributed by atoms with E-state index >= 15 is 0 Å². The topological polar surface area (TPSA) is 26.3 Å². The maximum Gasteiger partial charge on any atom is 0.122 e. The van der Waals surface area contributed by atoms with Gasteiger partial charge >= 0.3 is 0 Å². The molecule has 0 atom stereocenters. The number of hydrogen-bond acceptors (Lipinski definition) is 2. The summed E-state index contributed by atoms with van der Waals surface area (Å²) in [6.45, 7) is 4.33. The molecule has 0 N–H and O–H groups in total. The van der Waals surface area contributed by atoms with Crippen LogP contribution in [0.4, 0.5) is 0 Å². The minimum Gasteiger partial charge on any atom is -0.376 e. The summed E-state index contributed by atoms with van der Waals surface area (Å²) in [5, 5.41) is 0. The van der Waals surface area contributed by atoms with Crippen LogP contribution >= 0.6 is 0 Å². The van der Waals surface area contributed by atoms with Gasteiger partial charge in [0.15, 0.2) is 0 Å². The molecule has 0 aromatic heterocycles. The summed E-state index contributed by atoms with van der Waals surface area (Å²) in [5.41, 5.74) is 2.56. The van der Waals surface area contributed by atoms with Crippen LogP contribution in [0.15, 0.2) is 18.4 Å². The molecular weight excluding hydrogens is 116 g/mol. The minimum atomic E-state index is 0.463. The van der Waals surface area contributed by atoms with Gasteiger partial charge in [-0.3, -0.25) is 0 Å². The van der Waals surface area contributed by atoms with Crippen molar-refractivity contribution in [2.45, 2.75) is 6.42 Å². The van der Waals surface area contributed by atoms with E-state index in [1.165, 1.54) is 0 Å². The second-order valence-corrected chi connectivity index (χ2v) is 1.44. The highest BCUT2D eigenvalue weighted by atomic mass is 16.5. The number of carbonyl (C=O) groups is 1. The number of aldehydes is 1. The molecule has 0 saturated carbocycles. The Morgan fingerprint density at radius 3 is 3.00 bits per heavy atom. The Labute approximate surface area is 54.8 Å². The normalized spacial score (nSPS) is 8.00. The molecule has 0 aliphatic rings. The first-order chi connectivity index (χ1) is 4.41. The molecule has 0 amide bonds. The molecule has 0 radical (unpaired) electrons. The maximum absolute atomic E-state index is 9.72. The molecule has 0 rings (SSSR count). The molecule has 0 bridgehead atoms. The Kier molecular flexibility index (Phi) is 6.47. The summed E-state index contributed by atoms with van der Waals surface area (Å²) >= 11 is 0. The molecule has 0 aromatic rings. The van der Waals surface area contributed by atoms with Crippen molar-refractivity contribution in [3.63, 3.8) is 0 Å². The smallest absolute Gasteiger partial charge is 0.122 e. The monoisotopic (exact) mass is 126 g/mol. The van der Waals surface area contributed by atoms with Crippen LogP contribution in [0.25, 0.3) is 0 Å². The first-order valence-corrected chi connectivity index (χ1v) is 2.77. The van der Waals surface area contributed by atoms with Gasteiger partial charge in [0.05, 0.1) is 13.2 Å². The second-order valence-electron chi connectivity index (χ2n) is 1.44. The Morgan fingerprint density at radius 1 is 1.67 bits per heavy atom. The lowest BCUT2D eigenvalue weighted by Gasteiger charge is -1.92. The minimum absolute atomic E-state index is 0.463. The molecule has 0 aliphatic carbocycles. The van der Waals surface area contributed by atoms with Crippen molar-refractivity contribution in [1.29, 1.82) is 0 Å². The van der Waals surface area contributed by atoms with Crippen LogP contribution in [0.1, 0.15) is 6.42 Å². The standard InChI is InChI=1S/C7H10O2/c1-2-3-6-9-7-4-5-8/h3,5H,1,4,6-7H2. The summed E-state index contributed by atoms with van der Waals surface area (Å²) < 4.78 is 4.93. The quantitative estimate of drug-likeness (QED) is 0.311. The Bertz CT molecular complexity index is 112. The molecule has 0 aliphatic heterocycles. The molecule has 0 fully saturated rings. The zero-order valence-corrected chi connectivity index (χ0v) is 5.30. The largest absolute Gasteiger partial charge is 0.376 e. The number of carbonyl (C=O) groups excluding carboxylic acids is 1. The van der Waals surface area contributed by atoms with Gasteiger partial charge in [0.25, 0.3) is 0 Å². The number of rotatable bonds is 5. The fourth-order valence-electron chi connectivity index (χ4n) is 0.333. The van der Waals surface area contributed by atoms with E-state index in [2.05, 4.69) is 12.3 Å². The van der Waals surface area contributed by atoms with Gasteiger partial charge in [-0.05, 0) is 6.08 Å². The highest BCUT2D eigenvalue weighted by Crippen LogP contribution is 1.77. The van der Waals surface area contributed by atoms with Crippen molar-refractivity contribution in [3.8, 4) is 0 Å². The Hall–Kier alpha value is -0.850. The number of ether oxygens (including phenoxy) is 1. The van der Waals surface area contributed by atoms with E-state index in [-0.39, 0.29) is 0 Å². The predicted octanol–water partition coefficient (Wildman–Crippen LogP) is 0.933. The van der Waals surface area contributed by atoms with Gasteiger partial charge in [0, 0.05) is 6.42 Å². The van der Waals surface area contributed by atoms with Crippen LogP contribution in [0.5, 0.6) is 0 Å². The van der Waals surface area contributed by atoms with E-state index < -0.39 is 0 Å². The van der Waals surface area contributed by atoms with Crippen molar-refractivity contribution in [2.75, 3.05) is 13.2 Å². The van der Waals surface area contributed by atoms with Crippen molar-refractivity contribution in [1.82, 2.24) is 0 Å². The van der Waals surface area contributed by atoms with Gasteiger partial charge in [0.2, 0.25) is 0 Å². The molecular formula is C7H10O2. The van der Waals surface area contributed by atoms with Crippen LogP contribution in [-0.4, -0.2) is 19.5 Å². The highest BCUT2D eigenvalue weighted by molar-refractivity contribution is 5.49. The predicted molar refractivity (Wildman–Crippen MR) is 35.2 cm³/mol. The molecule has 0 unspecified atom stereocenters. The van der Waals surface area contributed by atoms with Crippen LogP contribution in [0.2, 0.25) is 0 Å². The van der Waals surface area contributed by atoms with E-state index in [0.29, 0.717) is 19.6 Å². The van der Waals surface area contributed by atoms with Gasteiger partial charge in [-0.1, -0.05) is 6.58 Å².